The molecule has 20 atom stereocenters. The van der Waals surface area contributed by atoms with Gasteiger partial charge in [-0.05, 0) is 176 Å². The van der Waals surface area contributed by atoms with Gasteiger partial charge < -0.3 is 69.6 Å². The molecule has 2 aliphatic carbocycles. The van der Waals surface area contributed by atoms with Crippen LogP contribution in [0.5, 0.6) is 0 Å². The fourth-order valence-corrected chi connectivity index (χ4v) is 22.7. The van der Waals surface area contributed by atoms with Crippen molar-refractivity contribution >= 4 is 64.9 Å². The molecule has 0 bridgehead atoms. The molecule has 8 saturated heterocycles. The highest BCUT2D eigenvalue weighted by Gasteiger charge is 2.60. The molecular weight excluding hydrogens is 1870 g/mol. The highest BCUT2D eigenvalue weighted by molar-refractivity contribution is 6.35. The molecule has 10 fully saturated rings. The van der Waals surface area contributed by atoms with Gasteiger partial charge in [-0.15, -0.1) is 0 Å². The average Bonchev–Trinajstić information content (AvgIpc) is 1.61. The van der Waals surface area contributed by atoms with Gasteiger partial charge in [-0.3, -0.25) is 57.7 Å². The number of benzene rings is 4. The molecule has 804 valence electrons. The van der Waals surface area contributed by atoms with E-state index in [-0.39, 0.29) is 168 Å². The molecule has 1 aromatic heterocycles. The van der Waals surface area contributed by atoms with Crippen LogP contribution in [0.2, 0.25) is 0 Å². The number of amides is 9. The average molecular weight is 2030 g/mol. The fraction of sp³-hybridized carbons (Fsp3) is 0.667. The minimum Gasteiger partial charge on any atom is -0.370 e. The Balaban J connectivity index is 0.000000173. The summed E-state index contributed by atoms with van der Waals surface area (Å²) < 4.78 is 79.0. The zero-order valence-corrected chi connectivity index (χ0v) is 90.4. The Morgan fingerprint density at radius 2 is 0.596 bits per heavy atom. The van der Waals surface area contributed by atoms with Crippen LogP contribution >= 0.6 is 0 Å². The van der Waals surface area contributed by atoms with Crippen LogP contribution in [0.3, 0.4) is 0 Å². The number of carbonyl (C=O) groups is 10. The van der Waals surface area contributed by atoms with Crippen LogP contribution in [-0.4, -0.2) is 265 Å². The van der Waals surface area contributed by atoms with Crippen molar-refractivity contribution in [1.82, 2.24) is 65.5 Å². The van der Waals surface area contributed by atoms with Gasteiger partial charge in [-0.1, -0.05) is 219 Å². The maximum Gasteiger partial charge on any atom is 0.290 e. The molecule has 15 rings (SSSR count). The molecule has 9 heterocycles. The first-order valence-corrected chi connectivity index (χ1v) is 53.9. The first-order valence-electron chi connectivity index (χ1n) is 53.9. The molecule has 32 heteroatoms. The summed E-state index contributed by atoms with van der Waals surface area (Å²) in [5, 5.41) is 12.2. The molecule has 8 aliphatic heterocycles. The standard InChI is InChI=1S/C30H46FN3O3.C29H44FN3O3.C28H38FN5O3.C27H38FN3O5/c1-6-20(2)28(35)32-27(30(3,4)5)29(36)33-17-16-24-26(33)25(18-34(24)23-10-8-7-9-11-23)37-19-21-12-14-22(31)15-13-21;1-6-19(2)27(34)31-26(29(3,4)5)28(35)32-16-15-23-25(32)24(17-33(23)22-9-7-8-10-22)36-18-20-11-13-21(30)14-12-20;1-6-18(2)25(35)32-24(28(3,4)5)26(36)33-15-12-21-23(33)22(16-34(21)27-30-13-7-14-31-27)37-17-19-8-10-20(29)11-9-19;1-7-16(2)24(33)29-23(27(4,5)6)26(35)30-13-12-20-22(30)21(14-31(20)25(34)17(3)32)36-15-18-8-10-19(28)11-9-18/h12-15,20,23-27H,6-11,16-19H2,1-5H3,(H,32,35);11-14,19,22-26H,6-10,15-18H2,1-5H3,(H,31,34);7-11,13-14,18,21-24H,6,12,15-17H2,1-5H3,(H,32,35);8-11,16,20-23H,7,12-15H2,1-6H3,(H,29,33)/t20-,24-,25+,26+,27-;19-,23-,24+,25+,26-;18-,21-,22+,23+,24-;16-,20-,21+,22+,23-/m1111/s1. The molecule has 0 spiro atoms. The summed E-state index contributed by atoms with van der Waals surface area (Å²) in [5.41, 5.74) is 1.64. The Hall–Kier alpha value is -9.86. The van der Waals surface area contributed by atoms with Crippen LogP contribution in [0, 0.1) is 68.6 Å². The van der Waals surface area contributed by atoms with Crippen molar-refractivity contribution in [2.75, 3.05) is 57.3 Å². The van der Waals surface area contributed by atoms with Crippen LogP contribution < -0.4 is 26.2 Å². The van der Waals surface area contributed by atoms with E-state index in [1.807, 2.05) is 153 Å². The van der Waals surface area contributed by atoms with Gasteiger partial charge in [0.05, 0.1) is 87.1 Å². The predicted octanol–water partition coefficient (Wildman–Crippen LogP) is 15.7. The summed E-state index contributed by atoms with van der Waals surface area (Å²) in [4.78, 5) is 157. The van der Waals surface area contributed by atoms with Gasteiger partial charge in [-0.25, -0.2) is 27.5 Å². The van der Waals surface area contributed by atoms with E-state index < -0.39 is 69.7 Å². The monoisotopic (exact) mass is 2030 g/mol. The van der Waals surface area contributed by atoms with E-state index in [9.17, 15) is 65.5 Å². The normalized spacial score (nSPS) is 24.9. The van der Waals surface area contributed by atoms with Crippen molar-refractivity contribution in [2.45, 2.75) is 390 Å². The number of fused-ring (bicyclic) bond motifs is 4. The van der Waals surface area contributed by atoms with E-state index in [4.69, 9.17) is 18.9 Å². The van der Waals surface area contributed by atoms with E-state index >= 15 is 0 Å². The van der Waals surface area contributed by atoms with Gasteiger partial charge in [0, 0.05) is 120 Å². The quantitative estimate of drug-likeness (QED) is 0.0230. The Morgan fingerprint density at radius 1 is 0.342 bits per heavy atom. The van der Waals surface area contributed by atoms with E-state index in [0.29, 0.717) is 89.8 Å². The third kappa shape index (κ3) is 28.4. The Morgan fingerprint density at radius 3 is 0.877 bits per heavy atom. The third-order valence-corrected chi connectivity index (χ3v) is 32.1. The van der Waals surface area contributed by atoms with Gasteiger partial charge in [0.1, 0.15) is 47.4 Å². The molecule has 2 saturated carbocycles. The second-order valence-corrected chi connectivity index (χ2v) is 46.7. The number of likely N-dealkylation sites (tertiary alicyclic amines) is 7. The summed E-state index contributed by atoms with van der Waals surface area (Å²) in [6, 6.07) is 24.8. The summed E-state index contributed by atoms with van der Waals surface area (Å²) in [6.07, 6.45) is 19.5. The highest BCUT2D eigenvalue weighted by Crippen LogP contribution is 2.45. The summed E-state index contributed by atoms with van der Waals surface area (Å²) >= 11 is 0. The molecule has 0 radical (unpaired) electrons. The van der Waals surface area contributed by atoms with Crippen LogP contribution in [0.15, 0.2) is 116 Å². The molecule has 4 aromatic carbocycles. The summed E-state index contributed by atoms with van der Waals surface area (Å²) in [7, 11) is 0. The second-order valence-electron chi connectivity index (χ2n) is 46.7. The number of hydrogen-bond acceptors (Lipinski definition) is 19. The molecule has 9 amide bonds. The number of carbonyl (C=O) groups excluding carboxylic acids is 10. The van der Waals surface area contributed by atoms with Crippen LogP contribution in [0.25, 0.3) is 0 Å². The number of Topliss-reactive ketones (excluding diaryl/α,β-unsaturated/α-hetero) is 1. The van der Waals surface area contributed by atoms with Gasteiger partial charge in [0.25, 0.3) is 5.91 Å². The fourth-order valence-electron chi connectivity index (χ4n) is 22.7. The lowest BCUT2D eigenvalue weighted by atomic mass is 9.85. The van der Waals surface area contributed by atoms with E-state index in [1.54, 1.807) is 71.9 Å². The number of anilines is 1. The minimum atomic E-state index is -0.756. The Bertz CT molecular complexity index is 5170. The van der Waals surface area contributed by atoms with Crippen molar-refractivity contribution in [2.24, 2.45) is 45.3 Å². The molecule has 5 aromatic rings. The second kappa shape index (κ2) is 50.6. The van der Waals surface area contributed by atoms with Gasteiger partial charge >= 0.3 is 0 Å². The van der Waals surface area contributed by atoms with Crippen molar-refractivity contribution in [3.05, 3.63) is 161 Å². The van der Waals surface area contributed by atoms with Crippen molar-refractivity contribution in [3.8, 4) is 0 Å². The van der Waals surface area contributed by atoms with Crippen LogP contribution in [0.4, 0.5) is 23.5 Å². The smallest absolute Gasteiger partial charge is 0.290 e. The van der Waals surface area contributed by atoms with Crippen molar-refractivity contribution < 1.29 is 84.5 Å². The maximum atomic E-state index is 14.1. The molecule has 28 nitrogen and oxygen atoms in total. The summed E-state index contributed by atoms with van der Waals surface area (Å²) in [6.45, 7) is 46.2. The molecule has 0 unspecified atom stereocenters. The SMILES string of the molecule is CC[C@@H](C)C(=O)N[C@H](C(=O)N1CC[C@@H]2[C@H]1[C@@H](OCc1ccc(F)cc1)CN2C(=O)C(C)=O)C(C)(C)C.CC[C@@H](C)C(=O)N[C@H](C(=O)N1CC[C@@H]2[C@H]1[C@@H](OCc1ccc(F)cc1)CN2C1CCCC1)C(C)(C)C.CC[C@@H](C)C(=O)N[C@H](C(=O)N1CC[C@@H]2[C@H]1[C@@H](OCc1ccc(F)cc1)CN2C1CCCCC1)C(C)(C)C.CC[C@@H](C)C(=O)N[C@H](C(=O)N1CC[C@@H]2[C@H]1[C@@H](OCc1ccc(F)cc1)CN2c1ncccn1)C(C)(C)C. The number of nitrogens with zero attached hydrogens (tertiary/aromatic N) is 10. The zero-order valence-electron chi connectivity index (χ0n) is 90.4. The predicted molar refractivity (Wildman–Crippen MR) is 553 cm³/mol. The van der Waals surface area contributed by atoms with Crippen molar-refractivity contribution in [3.63, 3.8) is 0 Å². The number of ether oxygens (including phenoxy) is 4. The topological polar surface area (TPSA) is 307 Å². The van der Waals surface area contributed by atoms with Crippen LogP contribution in [0.1, 0.15) is 277 Å². The third-order valence-electron chi connectivity index (χ3n) is 32.1. The minimum absolute atomic E-state index is 0.00229. The Labute approximate surface area is 863 Å². The first-order chi connectivity index (χ1) is 69.1. The lowest BCUT2D eigenvalue weighted by Crippen LogP contribution is -2.58. The number of halogens is 4. The molecular formula is C114H166F4N14O14. The highest BCUT2D eigenvalue weighted by atomic mass is 19.1. The summed E-state index contributed by atoms with van der Waals surface area (Å²) in [5.74, 6) is -3.11. The van der Waals surface area contributed by atoms with Crippen molar-refractivity contribution in [1.29, 1.82) is 0 Å². The van der Waals surface area contributed by atoms with E-state index in [0.717, 1.165) is 67.4 Å². The number of nitrogens with one attached hydrogen (secondary N) is 4. The lowest BCUT2D eigenvalue weighted by molar-refractivity contribution is -0.144. The molecule has 10 aliphatic rings. The maximum absolute atomic E-state index is 14.1. The largest absolute Gasteiger partial charge is 0.370 e. The number of aromatic nitrogens is 2. The number of rotatable bonds is 32. The van der Waals surface area contributed by atoms with Gasteiger partial charge in [0.15, 0.2) is 0 Å². The van der Waals surface area contributed by atoms with Gasteiger partial charge in [-0.2, -0.15) is 0 Å². The van der Waals surface area contributed by atoms with Crippen LogP contribution in [-0.2, 0) is 93.3 Å². The zero-order chi connectivity index (χ0) is 106. The molecule has 146 heavy (non-hydrogen) atoms. The molecule has 4 N–H and O–H groups in total. The van der Waals surface area contributed by atoms with E-state index in [2.05, 4.69) is 45.9 Å². The Kier molecular flexibility index (Phi) is 39.8. The van der Waals surface area contributed by atoms with Gasteiger partial charge in [0.2, 0.25) is 59.0 Å². The number of ketones is 1. The lowest BCUT2D eigenvalue weighted by Gasteiger charge is -2.37. The number of hydrogen-bond donors (Lipinski definition) is 4. The van der Waals surface area contributed by atoms with E-state index in [1.165, 1.54) is 118 Å². The first kappa shape index (κ1) is 115.